The zero-order valence-electron chi connectivity index (χ0n) is 53.2. The van der Waals surface area contributed by atoms with Crippen LogP contribution in [0.25, 0.3) is 0 Å². The molecule has 0 radical (unpaired) electrons. The second-order valence-electron chi connectivity index (χ2n) is 23.3. The lowest BCUT2D eigenvalue weighted by Crippen LogP contribution is -2.60. The first-order chi connectivity index (χ1) is 39.5. The van der Waals surface area contributed by atoms with Gasteiger partial charge in [-0.25, -0.2) is 14.4 Å². The summed E-state index contributed by atoms with van der Waals surface area (Å²) in [5.41, 5.74) is 0.667. The maximum absolute atomic E-state index is 14.8. The third-order valence-electron chi connectivity index (χ3n) is 15.5. The van der Waals surface area contributed by atoms with Crippen LogP contribution in [0.1, 0.15) is 140 Å². The van der Waals surface area contributed by atoms with Crippen LogP contribution in [-0.4, -0.2) is 201 Å². The number of aliphatic hydroxyl groups is 2. The monoisotopic (exact) mass is 1190 g/mol. The molecule has 1 fully saturated rings. The topological polar surface area (TPSA) is 299 Å². The highest BCUT2D eigenvalue weighted by molar-refractivity contribution is 5.92. The van der Waals surface area contributed by atoms with Crippen molar-refractivity contribution in [1.82, 2.24) is 36.0 Å². The van der Waals surface area contributed by atoms with Gasteiger partial charge in [-0.2, -0.15) is 0 Å². The lowest BCUT2D eigenvalue weighted by atomic mass is 9.89. The number of nitrogens with zero attached hydrogens (tertiary/aromatic N) is 3. The minimum absolute atomic E-state index is 0.101. The maximum atomic E-state index is 14.8. The number of esters is 1. The molecule has 1 aromatic carbocycles. The Bertz CT molecular complexity index is 2200. The number of carbonyl (C=O) groups excluding carboxylic acids is 8. The number of nitrogens with one attached hydrogen (secondary N) is 4. The van der Waals surface area contributed by atoms with Crippen molar-refractivity contribution >= 4 is 47.7 Å². The molecule has 1 aliphatic rings. The summed E-state index contributed by atoms with van der Waals surface area (Å²) in [6.07, 6.45) is -5.08. The molecule has 1 heterocycles. The Kier molecular flexibility index (Phi) is 32.8. The summed E-state index contributed by atoms with van der Waals surface area (Å²) in [5, 5.41) is 31.2. The molecule has 480 valence electrons. The minimum Gasteiger partial charge on any atom is -0.444 e. The quantitative estimate of drug-likeness (QED) is 0.0384. The number of likely N-dealkylation sites (tertiary alicyclic amines) is 1. The van der Waals surface area contributed by atoms with Gasteiger partial charge in [0.15, 0.2) is 6.29 Å². The summed E-state index contributed by atoms with van der Waals surface area (Å²) < 4.78 is 39.2. The van der Waals surface area contributed by atoms with Crippen molar-refractivity contribution in [2.75, 3.05) is 61.7 Å². The fraction of sp³-hybridized carbons (Fsp3) is 0.767. The third kappa shape index (κ3) is 22.3. The number of rotatable bonds is 36. The molecule has 14 atom stereocenters. The highest BCUT2D eigenvalue weighted by Gasteiger charge is 2.44. The molecule has 0 saturated carbocycles. The van der Waals surface area contributed by atoms with Crippen LogP contribution in [0.3, 0.4) is 0 Å². The molecule has 24 heteroatoms. The molecular formula is C60H103N7O17. The van der Waals surface area contributed by atoms with Crippen LogP contribution in [-0.2, 0) is 61.9 Å². The highest BCUT2D eigenvalue weighted by atomic mass is 16.7. The van der Waals surface area contributed by atoms with E-state index >= 15 is 0 Å². The Morgan fingerprint density at radius 1 is 0.738 bits per heavy atom. The van der Waals surface area contributed by atoms with Crippen molar-refractivity contribution in [3.8, 4) is 0 Å². The number of amides is 7. The van der Waals surface area contributed by atoms with Gasteiger partial charge in [0.2, 0.25) is 29.5 Å². The van der Waals surface area contributed by atoms with E-state index in [0.29, 0.717) is 37.8 Å². The molecule has 0 aromatic heterocycles. The number of aliphatic hydroxyl groups excluding tert-OH is 2. The molecule has 1 aromatic rings. The predicted octanol–water partition coefficient (Wildman–Crippen LogP) is 4.92. The van der Waals surface area contributed by atoms with Gasteiger partial charge < -0.3 is 74.4 Å². The summed E-state index contributed by atoms with van der Waals surface area (Å²) in [5.74, 6) is -6.07. The van der Waals surface area contributed by atoms with Crippen molar-refractivity contribution in [3.05, 3.63) is 35.9 Å². The molecule has 0 bridgehead atoms. The largest absolute Gasteiger partial charge is 0.444 e. The van der Waals surface area contributed by atoms with Crippen LogP contribution in [0.5, 0.6) is 0 Å². The first-order valence-corrected chi connectivity index (χ1v) is 29.6. The van der Waals surface area contributed by atoms with Crippen molar-refractivity contribution in [3.63, 3.8) is 0 Å². The zero-order chi connectivity index (χ0) is 63.7. The van der Waals surface area contributed by atoms with Gasteiger partial charge in [0, 0.05) is 60.9 Å². The number of likely N-dealkylation sites (N-methyl/N-ethyl adjacent to an activating group) is 2. The molecule has 2 rings (SSSR count). The first-order valence-electron chi connectivity index (χ1n) is 29.6. The lowest BCUT2D eigenvalue weighted by molar-refractivity contribution is -0.181. The number of methoxy groups -OCH3 is 3. The standard InChI is InChI=1S/C60H103N7O17/c1-19-38(11)51(44(78-16)31-46(70)67-30-24-27-43(67)53(80-18)39(12)54(72)62-40(13)52(71)41-25-22-21-23-26-41)65(14)56(74)48(34(3)4)64-55(73)50(36(7)8)66(15)60(77)84-58(37(9)10)83-57(75)49(35(5)6)63-45(69)28-29-61-59(76)81-33-47(79-17)82-42(20-2)32-68/h21-23,25-26,34-40,42-44,47-53,58,68,71H,19-20,24,27-33H2,1-18H3,(H,61,76)(H,62,72)(H,63,69)(H,64,73)/t38-,39+,40+,42?,43-,44+,47?,48-,49-,50-,51-,52+,53+,58?/m0/s1. The van der Waals surface area contributed by atoms with Crippen molar-refractivity contribution in [2.45, 2.75) is 202 Å². The van der Waals surface area contributed by atoms with Crippen molar-refractivity contribution in [2.24, 2.45) is 35.5 Å². The molecule has 0 aliphatic carbocycles. The Morgan fingerprint density at radius 3 is 1.89 bits per heavy atom. The number of alkyl carbamates (subject to hydrolysis) is 1. The number of ether oxygens (including phenoxy) is 7. The normalized spacial score (nSPS) is 18.2. The summed E-state index contributed by atoms with van der Waals surface area (Å²) >= 11 is 0. The zero-order valence-corrected chi connectivity index (χ0v) is 53.2. The van der Waals surface area contributed by atoms with Gasteiger partial charge in [-0.05, 0) is 55.4 Å². The smallest absolute Gasteiger partial charge is 0.413 e. The van der Waals surface area contributed by atoms with E-state index in [1.54, 1.807) is 93.3 Å². The molecule has 24 nitrogen and oxygen atoms in total. The van der Waals surface area contributed by atoms with Gasteiger partial charge in [-0.15, -0.1) is 0 Å². The van der Waals surface area contributed by atoms with Crippen LogP contribution < -0.4 is 21.3 Å². The van der Waals surface area contributed by atoms with Gasteiger partial charge in [0.25, 0.3) is 6.29 Å². The van der Waals surface area contributed by atoms with Gasteiger partial charge in [0.05, 0.1) is 61.5 Å². The number of hydrogen-bond acceptors (Lipinski definition) is 17. The molecule has 3 unspecified atom stereocenters. The van der Waals surface area contributed by atoms with Crippen molar-refractivity contribution in [1.29, 1.82) is 0 Å². The lowest BCUT2D eigenvalue weighted by Gasteiger charge is -2.41. The number of hydrogen-bond donors (Lipinski definition) is 6. The summed E-state index contributed by atoms with van der Waals surface area (Å²) in [6.45, 7) is 22.6. The fourth-order valence-corrected chi connectivity index (χ4v) is 10.2. The van der Waals surface area contributed by atoms with Crippen LogP contribution in [0.2, 0.25) is 0 Å². The van der Waals surface area contributed by atoms with Gasteiger partial charge in [0.1, 0.15) is 24.7 Å². The summed E-state index contributed by atoms with van der Waals surface area (Å²) in [6, 6.07) is 3.90. The molecular weight excluding hydrogens is 1090 g/mol. The molecule has 84 heavy (non-hydrogen) atoms. The fourth-order valence-electron chi connectivity index (χ4n) is 10.2. The van der Waals surface area contributed by atoms with E-state index in [2.05, 4.69) is 21.3 Å². The molecule has 1 aliphatic heterocycles. The Morgan fingerprint density at radius 2 is 1.37 bits per heavy atom. The molecule has 1 saturated heterocycles. The van der Waals surface area contributed by atoms with E-state index in [1.165, 1.54) is 33.3 Å². The van der Waals surface area contributed by atoms with E-state index in [0.717, 1.165) is 4.90 Å². The Hall–Kier alpha value is -5.66. The van der Waals surface area contributed by atoms with Gasteiger partial charge in [-0.1, -0.05) is 120 Å². The van der Waals surface area contributed by atoms with Crippen LogP contribution >= 0.6 is 0 Å². The second kappa shape index (κ2) is 37.0. The van der Waals surface area contributed by atoms with E-state index in [1.807, 2.05) is 39.0 Å². The number of benzene rings is 1. The Labute approximate surface area is 498 Å². The van der Waals surface area contributed by atoms with Crippen LogP contribution in [0.15, 0.2) is 30.3 Å². The highest BCUT2D eigenvalue weighted by Crippen LogP contribution is 2.30. The van der Waals surface area contributed by atoms with Crippen LogP contribution in [0.4, 0.5) is 9.59 Å². The van der Waals surface area contributed by atoms with Gasteiger partial charge in [-0.3, -0.25) is 28.9 Å². The van der Waals surface area contributed by atoms with Gasteiger partial charge >= 0.3 is 18.2 Å². The van der Waals surface area contributed by atoms with E-state index in [-0.39, 0.29) is 50.3 Å². The minimum atomic E-state index is -1.46. The maximum Gasteiger partial charge on any atom is 0.413 e. The van der Waals surface area contributed by atoms with E-state index in [4.69, 9.17) is 33.2 Å². The molecule has 7 amide bonds. The Balaban J connectivity index is 2.20. The van der Waals surface area contributed by atoms with Crippen molar-refractivity contribution < 1.29 is 81.7 Å². The first kappa shape index (κ1) is 74.4. The van der Waals surface area contributed by atoms with E-state index in [9.17, 15) is 48.6 Å². The average Bonchev–Trinajstić information content (AvgIpc) is 3.98. The average molecular weight is 1190 g/mol. The second-order valence-corrected chi connectivity index (χ2v) is 23.3. The predicted molar refractivity (Wildman–Crippen MR) is 313 cm³/mol. The third-order valence-corrected chi connectivity index (χ3v) is 15.5. The summed E-state index contributed by atoms with van der Waals surface area (Å²) in [4.78, 5) is 115. The van der Waals surface area contributed by atoms with Crippen LogP contribution in [0, 0.1) is 35.5 Å². The molecule has 6 N–H and O–H groups in total. The van der Waals surface area contributed by atoms with E-state index < -0.39 is 139 Å². The summed E-state index contributed by atoms with van der Waals surface area (Å²) in [7, 11) is 7.34. The SMILES string of the molecule is CCC(CO)OC(COC(=O)NCCC(=O)N[C@H](C(=O)OC(OC(=O)N(C)[C@H](C(=O)N[C@H](C(=O)N(C)[C@@H]([C@@H](C)CC)[C@@H](CC(=O)N1CCC[C@H]1[C@H](OC)[C@@H](C)C(=O)N[C@H](C)[C@@H](O)c1ccccc1)OC)C(C)C)C(C)C)C(C)C)C(C)C)OC. The molecule has 0 spiro atoms. The number of carbonyl (C=O) groups is 8.